The Hall–Kier alpha value is -2.92. The molecular weight excluding hydrogens is 473 g/mol. The summed E-state index contributed by atoms with van der Waals surface area (Å²) in [5.41, 5.74) is 3.31. The molecule has 0 aliphatic rings. The molecule has 0 aliphatic carbocycles. The summed E-state index contributed by atoms with van der Waals surface area (Å²) in [6, 6.07) is 22.4. The number of amides is 1. The largest absolute Gasteiger partial charge is 0.493 e. The Labute approximate surface area is 213 Å². The van der Waals surface area contributed by atoms with Crippen LogP contribution in [0.1, 0.15) is 61.4 Å². The highest BCUT2D eigenvalue weighted by Gasteiger charge is 2.21. The lowest BCUT2D eigenvalue weighted by molar-refractivity contribution is 0.102. The number of aryl methyl sites for hydroxylation is 1. The summed E-state index contributed by atoms with van der Waals surface area (Å²) in [7, 11) is -4.16. The zero-order valence-corrected chi connectivity index (χ0v) is 21.8. The molecule has 0 bridgehead atoms. The average molecular weight is 510 g/mol. The minimum atomic E-state index is -4.16. The van der Waals surface area contributed by atoms with Crippen molar-refractivity contribution in [3.63, 3.8) is 0 Å². The van der Waals surface area contributed by atoms with Gasteiger partial charge < -0.3 is 19.8 Å². The Kier molecular flexibility index (Phi) is 10.7. The van der Waals surface area contributed by atoms with E-state index in [0.29, 0.717) is 29.2 Å². The van der Waals surface area contributed by atoms with Gasteiger partial charge in [-0.25, -0.2) is 0 Å². The Bertz CT molecular complexity index is 1160. The van der Waals surface area contributed by atoms with E-state index in [1.165, 1.54) is 25.7 Å². The third-order valence-electron chi connectivity index (χ3n) is 6.03. The lowest BCUT2D eigenvalue weighted by Gasteiger charge is -2.17. The summed E-state index contributed by atoms with van der Waals surface area (Å²) in [5, 5.41) is 2.97. The van der Waals surface area contributed by atoms with Gasteiger partial charge in [0.25, 0.3) is 5.91 Å². The van der Waals surface area contributed by atoms with Gasteiger partial charge in [-0.2, -0.15) is 0 Å². The monoisotopic (exact) mass is 509 g/mol. The topological polar surface area (TPSA) is 95.9 Å². The van der Waals surface area contributed by atoms with Crippen LogP contribution in [0, 0.1) is 0 Å². The first-order valence-corrected chi connectivity index (χ1v) is 14.4. The number of ether oxygens (including phenoxy) is 1. The Balaban J connectivity index is 1.83. The van der Waals surface area contributed by atoms with Crippen molar-refractivity contribution in [3.05, 3.63) is 83.9 Å². The average Bonchev–Trinajstić information content (AvgIpc) is 2.87. The molecule has 0 heterocycles. The van der Waals surface area contributed by atoms with Crippen molar-refractivity contribution in [1.82, 2.24) is 0 Å². The molecule has 3 N–H and O–H groups in total. The second-order valence-corrected chi connectivity index (χ2v) is 10.7. The molecule has 7 heteroatoms. The summed E-state index contributed by atoms with van der Waals surface area (Å²) in [4.78, 5) is 32.2. The molecule has 0 fully saturated rings. The minimum Gasteiger partial charge on any atom is -0.493 e. The molecule has 0 saturated heterocycles. The van der Waals surface area contributed by atoms with Crippen molar-refractivity contribution >= 4 is 19.2 Å². The van der Waals surface area contributed by atoms with Gasteiger partial charge in [0.1, 0.15) is 5.75 Å². The zero-order chi connectivity index (χ0) is 25.8. The van der Waals surface area contributed by atoms with E-state index in [1.807, 2.05) is 48.5 Å². The molecule has 192 valence electrons. The first-order chi connectivity index (χ1) is 17.4. The van der Waals surface area contributed by atoms with Crippen LogP contribution in [0.2, 0.25) is 0 Å². The van der Waals surface area contributed by atoms with Crippen molar-refractivity contribution in [2.75, 3.05) is 18.1 Å². The minimum absolute atomic E-state index is 0.155. The second kappa shape index (κ2) is 14.0. The van der Waals surface area contributed by atoms with E-state index in [4.69, 9.17) is 4.74 Å². The zero-order valence-electron chi connectivity index (χ0n) is 20.9. The summed E-state index contributed by atoms with van der Waals surface area (Å²) in [6.45, 7) is 2.73. The number of nitrogens with one attached hydrogen (secondary N) is 1. The third kappa shape index (κ3) is 8.63. The van der Waals surface area contributed by atoms with E-state index in [1.54, 1.807) is 24.3 Å². The van der Waals surface area contributed by atoms with E-state index >= 15 is 0 Å². The highest BCUT2D eigenvalue weighted by Crippen LogP contribution is 2.36. The van der Waals surface area contributed by atoms with Crippen molar-refractivity contribution in [3.8, 4) is 16.9 Å². The van der Waals surface area contributed by atoms with Crippen LogP contribution in [0.4, 0.5) is 5.69 Å². The van der Waals surface area contributed by atoms with Crippen LogP contribution in [0.25, 0.3) is 11.1 Å². The predicted molar refractivity (Wildman–Crippen MR) is 146 cm³/mol. The van der Waals surface area contributed by atoms with Gasteiger partial charge in [0, 0.05) is 5.69 Å². The number of carbonyl (C=O) groups excluding carboxylic acids is 1. The lowest BCUT2D eigenvalue weighted by atomic mass is 9.98. The summed E-state index contributed by atoms with van der Waals surface area (Å²) in [5.74, 6) is 0.200. The first-order valence-electron chi connectivity index (χ1n) is 12.6. The maximum Gasteiger partial charge on any atom is 0.325 e. The molecular formula is C29H36NO5P. The number of benzene rings is 3. The van der Waals surface area contributed by atoms with E-state index < -0.39 is 7.60 Å². The highest BCUT2D eigenvalue weighted by molar-refractivity contribution is 7.51. The normalized spacial score (nSPS) is 11.3. The van der Waals surface area contributed by atoms with Gasteiger partial charge in [-0.15, -0.1) is 0 Å². The predicted octanol–water partition coefficient (Wildman–Crippen LogP) is 7.07. The summed E-state index contributed by atoms with van der Waals surface area (Å²) >= 11 is 0. The van der Waals surface area contributed by atoms with Crippen LogP contribution < -0.4 is 10.1 Å². The number of carbonyl (C=O) groups is 1. The van der Waals surface area contributed by atoms with Gasteiger partial charge >= 0.3 is 7.60 Å². The number of para-hydroxylation sites is 1. The van der Waals surface area contributed by atoms with Gasteiger partial charge in [0.05, 0.1) is 18.3 Å². The molecule has 3 aromatic rings. The van der Waals surface area contributed by atoms with E-state index in [2.05, 4.69) is 12.2 Å². The number of anilines is 1. The van der Waals surface area contributed by atoms with Gasteiger partial charge in [-0.05, 0) is 41.7 Å². The Morgan fingerprint density at radius 2 is 1.56 bits per heavy atom. The SMILES string of the molecule is CCCCCCCCOc1cccc(-c2ccccc2)c1C(=O)Nc1ccccc1CCP(=O)(O)O. The maximum absolute atomic E-state index is 13.6. The summed E-state index contributed by atoms with van der Waals surface area (Å²) < 4.78 is 17.5. The quantitative estimate of drug-likeness (QED) is 0.160. The smallest absolute Gasteiger partial charge is 0.325 e. The van der Waals surface area contributed by atoms with E-state index in [-0.39, 0.29) is 18.5 Å². The fourth-order valence-corrected chi connectivity index (χ4v) is 4.65. The van der Waals surface area contributed by atoms with Gasteiger partial charge in [-0.3, -0.25) is 9.36 Å². The number of hydrogen-bond donors (Lipinski definition) is 3. The van der Waals surface area contributed by atoms with Crippen LogP contribution in [0.3, 0.4) is 0 Å². The van der Waals surface area contributed by atoms with E-state index in [0.717, 1.165) is 24.0 Å². The highest BCUT2D eigenvalue weighted by atomic mass is 31.2. The van der Waals surface area contributed by atoms with Crippen LogP contribution in [-0.4, -0.2) is 28.5 Å². The molecule has 0 spiro atoms. The standard InChI is InChI=1S/C29H36NO5P/c1-2-3-4-5-6-12-21-35-27-19-13-17-25(23-14-8-7-9-15-23)28(27)29(31)30-26-18-11-10-16-24(26)20-22-36(32,33)34/h7-11,13-19H,2-6,12,20-22H2,1H3,(H,30,31)(H2,32,33,34). The Morgan fingerprint density at radius 1 is 0.861 bits per heavy atom. The van der Waals surface area contributed by atoms with Crippen LogP contribution >= 0.6 is 7.60 Å². The molecule has 0 saturated carbocycles. The molecule has 6 nitrogen and oxygen atoms in total. The fourth-order valence-electron chi connectivity index (χ4n) is 4.12. The fraction of sp³-hybridized carbons (Fsp3) is 0.345. The Morgan fingerprint density at radius 3 is 2.31 bits per heavy atom. The molecule has 3 aromatic carbocycles. The molecule has 0 unspecified atom stereocenters. The number of rotatable bonds is 14. The van der Waals surface area contributed by atoms with Gasteiger partial charge in [-0.1, -0.05) is 99.7 Å². The van der Waals surface area contributed by atoms with Crippen LogP contribution in [0.15, 0.2) is 72.8 Å². The molecule has 36 heavy (non-hydrogen) atoms. The number of hydrogen-bond acceptors (Lipinski definition) is 3. The van der Waals surface area contributed by atoms with E-state index in [9.17, 15) is 19.1 Å². The molecule has 0 aliphatic heterocycles. The maximum atomic E-state index is 13.6. The van der Waals surface area contributed by atoms with Crippen molar-refractivity contribution in [2.24, 2.45) is 0 Å². The molecule has 1 amide bonds. The molecule has 0 aromatic heterocycles. The van der Waals surface area contributed by atoms with Crippen LogP contribution in [0.5, 0.6) is 5.75 Å². The third-order valence-corrected chi connectivity index (χ3v) is 6.84. The van der Waals surface area contributed by atoms with Crippen molar-refractivity contribution < 1.29 is 23.9 Å². The van der Waals surface area contributed by atoms with Crippen molar-refractivity contribution in [2.45, 2.75) is 51.9 Å². The van der Waals surface area contributed by atoms with Crippen molar-refractivity contribution in [1.29, 1.82) is 0 Å². The van der Waals surface area contributed by atoms with Gasteiger partial charge in [0.2, 0.25) is 0 Å². The summed E-state index contributed by atoms with van der Waals surface area (Å²) in [6.07, 6.45) is 6.76. The molecule has 0 radical (unpaired) electrons. The number of unbranched alkanes of at least 4 members (excludes halogenated alkanes) is 5. The van der Waals surface area contributed by atoms with Gasteiger partial charge in [0.15, 0.2) is 0 Å². The molecule has 0 atom stereocenters. The first kappa shape index (κ1) is 27.7. The van der Waals surface area contributed by atoms with Crippen LogP contribution in [-0.2, 0) is 11.0 Å². The lowest BCUT2D eigenvalue weighted by Crippen LogP contribution is -2.16. The molecule has 3 rings (SSSR count). The second-order valence-electron chi connectivity index (χ2n) is 8.91.